The predicted molar refractivity (Wildman–Crippen MR) is 77.6 cm³/mol. The number of nitrogens with one attached hydrogen (secondary N) is 2. The molecule has 0 saturated carbocycles. The smallest absolute Gasteiger partial charge is 0.315 e. The van der Waals surface area contributed by atoms with Crippen molar-refractivity contribution >= 4 is 15.9 Å². The van der Waals surface area contributed by atoms with Crippen LogP contribution in [-0.2, 0) is 16.3 Å². The molecule has 114 valence electrons. The average Bonchev–Trinajstić information content (AvgIpc) is 2.90. The molecular weight excluding hydrogens is 292 g/mol. The van der Waals surface area contributed by atoms with Crippen LogP contribution < -0.4 is 10.6 Å². The van der Waals surface area contributed by atoms with E-state index < -0.39 is 28.0 Å². The Hall–Kier alpha value is -1.60. The molecule has 3 rings (SSSR count). The zero-order valence-corrected chi connectivity index (χ0v) is 12.3. The molecule has 7 heteroatoms. The van der Waals surface area contributed by atoms with Gasteiger partial charge in [-0.15, -0.1) is 0 Å². The highest BCUT2D eigenvalue weighted by molar-refractivity contribution is 7.91. The average molecular weight is 310 g/mol. The zero-order valence-electron chi connectivity index (χ0n) is 11.5. The number of aliphatic hydroxyl groups excluding tert-OH is 1. The lowest BCUT2D eigenvalue weighted by molar-refractivity contribution is 0.142. The summed E-state index contributed by atoms with van der Waals surface area (Å²) >= 11 is 0. The molecule has 2 aliphatic rings. The summed E-state index contributed by atoms with van der Waals surface area (Å²) in [6.07, 6.45) is 0.304. The number of sulfone groups is 1. The minimum Gasteiger partial charge on any atom is -0.390 e. The second kappa shape index (κ2) is 5.31. The molecule has 1 unspecified atom stereocenters. The number of hydrogen-bond donors (Lipinski definition) is 3. The van der Waals surface area contributed by atoms with Crippen LogP contribution in [0.4, 0.5) is 4.79 Å². The molecule has 1 aromatic rings. The Morgan fingerprint density at radius 3 is 2.71 bits per heavy atom. The third kappa shape index (κ3) is 3.03. The van der Waals surface area contributed by atoms with E-state index in [1.54, 1.807) is 0 Å². The van der Waals surface area contributed by atoms with E-state index in [9.17, 15) is 18.3 Å². The maximum absolute atomic E-state index is 12.0. The molecule has 1 fully saturated rings. The van der Waals surface area contributed by atoms with E-state index in [0.717, 1.165) is 11.1 Å². The van der Waals surface area contributed by atoms with E-state index in [2.05, 4.69) is 10.6 Å². The normalized spacial score (nSPS) is 29.9. The lowest BCUT2D eigenvalue weighted by atomic mass is 10.1. The van der Waals surface area contributed by atoms with Gasteiger partial charge in [-0.25, -0.2) is 13.2 Å². The Balaban J connectivity index is 1.63. The van der Waals surface area contributed by atoms with E-state index in [4.69, 9.17) is 0 Å². The van der Waals surface area contributed by atoms with Crippen molar-refractivity contribution in [2.75, 3.05) is 11.5 Å². The van der Waals surface area contributed by atoms with Crippen LogP contribution in [-0.4, -0.2) is 43.2 Å². The molecule has 21 heavy (non-hydrogen) atoms. The number of carbonyl (C=O) groups is 1. The highest BCUT2D eigenvalue weighted by Gasteiger charge is 2.33. The van der Waals surface area contributed by atoms with Crippen molar-refractivity contribution in [3.8, 4) is 0 Å². The minimum atomic E-state index is -3.02. The number of hydrogen-bond acceptors (Lipinski definition) is 4. The fourth-order valence-electron chi connectivity index (χ4n) is 3.03. The van der Waals surface area contributed by atoms with Crippen LogP contribution >= 0.6 is 0 Å². The van der Waals surface area contributed by atoms with E-state index in [1.807, 2.05) is 24.3 Å². The van der Waals surface area contributed by atoms with Crippen molar-refractivity contribution in [3.63, 3.8) is 0 Å². The zero-order chi connectivity index (χ0) is 15.0. The van der Waals surface area contributed by atoms with Crippen molar-refractivity contribution in [1.29, 1.82) is 0 Å². The van der Waals surface area contributed by atoms with E-state index in [1.165, 1.54) is 0 Å². The molecule has 1 saturated heterocycles. The first-order valence-electron chi connectivity index (χ1n) is 6.98. The van der Waals surface area contributed by atoms with Gasteiger partial charge in [0.25, 0.3) is 0 Å². The van der Waals surface area contributed by atoms with Crippen LogP contribution in [0, 0.1) is 0 Å². The molecule has 3 atom stereocenters. The lowest BCUT2D eigenvalue weighted by Crippen LogP contribution is -2.45. The number of aliphatic hydroxyl groups is 1. The van der Waals surface area contributed by atoms with Gasteiger partial charge >= 0.3 is 6.03 Å². The third-order valence-corrected chi connectivity index (χ3v) is 5.83. The summed E-state index contributed by atoms with van der Waals surface area (Å²) in [5.74, 6) is 0.108. The summed E-state index contributed by atoms with van der Waals surface area (Å²) in [5.41, 5.74) is 1.94. The Bertz CT molecular complexity index is 659. The summed E-state index contributed by atoms with van der Waals surface area (Å²) in [5, 5.41) is 15.5. The summed E-state index contributed by atoms with van der Waals surface area (Å²) < 4.78 is 22.7. The first-order chi connectivity index (χ1) is 9.94. The Morgan fingerprint density at radius 2 is 2.00 bits per heavy atom. The summed E-state index contributed by atoms with van der Waals surface area (Å²) in [6, 6.07) is 6.36. The Kier molecular flexibility index (Phi) is 3.62. The monoisotopic (exact) mass is 310 g/mol. The van der Waals surface area contributed by atoms with Gasteiger partial charge in [0.05, 0.1) is 23.7 Å². The number of urea groups is 1. The molecule has 1 heterocycles. The van der Waals surface area contributed by atoms with E-state index in [-0.39, 0.29) is 17.5 Å². The van der Waals surface area contributed by atoms with Crippen LogP contribution in [0.25, 0.3) is 0 Å². The van der Waals surface area contributed by atoms with Gasteiger partial charge in [-0.3, -0.25) is 0 Å². The van der Waals surface area contributed by atoms with Crippen LogP contribution in [0.15, 0.2) is 24.3 Å². The third-order valence-electron chi connectivity index (χ3n) is 4.06. The highest BCUT2D eigenvalue weighted by atomic mass is 32.2. The Morgan fingerprint density at radius 1 is 1.24 bits per heavy atom. The molecule has 3 N–H and O–H groups in total. The van der Waals surface area contributed by atoms with Gasteiger partial charge < -0.3 is 15.7 Å². The molecule has 0 bridgehead atoms. The second-order valence-corrected chi connectivity index (χ2v) is 7.89. The van der Waals surface area contributed by atoms with Gasteiger partial charge in [-0.05, 0) is 17.5 Å². The van der Waals surface area contributed by atoms with Gasteiger partial charge in [-0.2, -0.15) is 0 Å². The molecule has 0 radical (unpaired) electrons. The number of carbonyl (C=O) groups excluding carboxylic acids is 1. The predicted octanol–water partition coefficient (Wildman–Crippen LogP) is 0.131. The Labute approximate surface area is 123 Å². The topological polar surface area (TPSA) is 95.5 Å². The summed E-state index contributed by atoms with van der Waals surface area (Å²) in [7, 11) is -3.02. The maximum Gasteiger partial charge on any atom is 0.315 e. The maximum atomic E-state index is 12.0. The van der Waals surface area contributed by atoms with Crippen molar-refractivity contribution in [2.24, 2.45) is 0 Å². The van der Waals surface area contributed by atoms with Crippen LogP contribution in [0.1, 0.15) is 23.6 Å². The molecule has 0 aromatic heterocycles. The lowest BCUT2D eigenvalue weighted by Gasteiger charge is -2.20. The van der Waals surface area contributed by atoms with Crippen LogP contribution in [0.5, 0.6) is 0 Å². The highest BCUT2D eigenvalue weighted by Crippen LogP contribution is 2.31. The van der Waals surface area contributed by atoms with Crippen LogP contribution in [0.3, 0.4) is 0 Å². The van der Waals surface area contributed by atoms with Gasteiger partial charge in [-0.1, -0.05) is 24.3 Å². The van der Waals surface area contributed by atoms with Gasteiger partial charge in [0.1, 0.15) is 0 Å². The summed E-state index contributed by atoms with van der Waals surface area (Å²) in [4.78, 5) is 12.0. The van der Waals surface area contributed by atoms with Crippen molar-refractivity contribution in [1.82, 2.24) is 10.6 Å². The van der Waals surface area contributed by atoms with Gasteiger partial charge in [0.2, 0.25) is 0 Å². The quantitative estimate of drug-likeness (QED) is 0.723. The SMILES string of the molecule is O=C(NC1CCS(=O)(=O)C1)N[C@H]1c2ccccc2C[C@H]1O. The van der Waals surface area contributed by atoms with E-state index in [0.29, 0.717) is 12.8 Å². The molecular formula is C14H18N2O4S. The summed E-state index contributed by atoms with van der Waals surface area (Å²) in [6.45, 7) is 0. The van der Waals surface area contributed by atoms with Crippen molar-refractivity contribution < 1.29 is 18.3 Å². The first kappa shape index (κ1) is 14.3. The number of amides is 2. The second-order valence-electron chi connectivity index (χ2n) is 5.67. The standard InChI is InChI=1S/C14H18N2O4S/c17-12-7-9-3-1-2-4-11(9)13(12)16-14(18)15-10-5-6-21(19,20)8-10/h1-4,10,12-13,17H,5-8H2,(H2,15,16,18)/t10?,12-,13+/m1/s1. The fourth-order valence-corrected chi connectivity index (χ4v) is 4.70. The van der Waals surface area contributed by atoms with Gasteiger partial charge in [0, 0.05) is 12.5 Å². The molecule has 1 aliphatic heterocycles. The first-order valence-corrected chi connectivity index (χ1v) is 8.80. The van der Waals surface area contributed by atoms with Crippen LogP contribution in [0.2, 0.25) is 0 Å². The van der Waals surface area contributed by atoms with Gasteiger partial charge in [0.15, 0.2) is 9.84 Å². The fraction of sp³-hybridized carbons (Fsp3) is 0.500. The van der Waals surface area contributed by atoms with E-state index >= 15 is 0 Å². The molecule has 2 amide bonds. The molecule has 1 aliphatic carbocycles. The number of fused-ring (bicyclic) bond motifs is 1. The number of benzene rings is 1. The molecule has 1 aromatic carbocycles. The number of rotatable bonds is 2. The molecule has 0 spiro atoms. The van der Waals surface area contributed by atoms with Crippen molar-refractivity contribution in [2.45, 2.75) is 31.0 Å². The largest absolute Gasteiger partial charge is 0.390 e. The van der Waals surface area contributed by atoms with Crippen molar-refractivity contribution in [3.05, 3.63) is 35.4 Å². The molecule has 6 nitrogen and oxygen atoms in total. The minimum absolute atomic E-state index is 0.00970.